The Balaban J connectivity index is 2.52. The number of anilines is 1. The van der Waals surface area contributed by atoms with Gasteiger partial charge in [0.2, 0.25) is 0 Å². The Morgan fingerprint density at radius 2 is 2.13 bits per heavy atom. The predicted molar refractivity (Wildman–Crippen MR) is 63.2 cm³/mol. The highest BCUT2D eigenvalue weighted by Crippen LogP contribution is 2.41. The number of fused-ring (bicyclic) bond motifs is 1. The first-order valence-corrected chi connectivity index (χ1v) is 5.65. The van der Waals surface area contributed by atoms with Gasteiger partial charge in [-0.3, -0.25) is 0 Å². The van der Waals surface area contributed by atoms with Crippen molar-refractivity contribution < 1.29 is 5.11 Å². The number of benzene rings is 1. The van der Waals surface area contributed by atoms with Crippen LogP contribution in [0.3, 0.4) is 0 Å². The fourth-order valence-electron chi connectivity index (χ4n) is 2.57. The van der Waals surface area contributed by atoms with Crippen molar-refractivity contribution in [3.05, 3.63) is 29.8 Å². The van der Waals surface area contributed by atoms with Crippen LogP contribution in [-0.2, 0) is 5.41 Å². The number of hydrogen-bond donors (Lipinski definition) is 2. The minimum Gasteiger partial charge on any atom is -0.395 e. The smallest absolute Gasteiger partial charge is 0.0531 e. The topological polar surface area (TPSA) is 32.3 Å². The SMILES string of the molecule is CC(C)[C@]1(CO)CCNc2ccccc21. The molecular weight excluding hydrogens is 186 g/mol. The lowest BCUT2D eigenvalue weighted by Gasteiger charge is -2.41. The van der Waals surface area contributed by atoms with Crippen molar-refractivity contribution in [1.29, 1.82) is 0 Å². The first-order valence-electron chi connectivity index (χ1n) is 5.65. The van der Waals surface area contributed by atoms with Gasteiger partial charge < -0.3 is 10.4 Å². The summed E-state index contributed by atoms with van der Waals surface area (Å²) in [6.07, 6.45) is 1.01. The van der Waals surface area contributed by atoms with Crippen LogP contribution in [-0.4, -0.2) is 18.3 Å². The zero-order chi connectivity index (χ0) is 10.9. The van der Waals surface area contributed by atoms with Crippen LogP contribution >= 0.6 is 0 Å². The first-order chi connectivity index (χ1) is 7.20. The van der Waals surface area contributed by atoms with Crippen LogP contribution in [0, 0.1) is 5.92 Å². The molecule has 82 valence electrons. The van der Waals surface area contributed by atoms with Gasteiger partial charge >= 0.3 is 0 Å². The highest BCUT2D eigenvalue weighted by molar-refractivity contribution is 5.57. The van der Waals surface area contributed by atoms with Crippen LogP contribution in [0.5, 0.6) is 0 Å². The van der Waals surface area contributed by atoms with Crippen molar-refractivity contribution >= 4 is 5.69 Å². The molecule has 0 saturated carbocycles. The van der Waals surface area contributed by atoms with E-state index in [4.69, 9.17) is 0 Å². The molecule has 1 aromatic carbocycles. The molecule has 2 rings (SSSR count). The predicted octanol–water partition coefficient (Wildman–Crippen LogP) is 2.39. The molecule has 0 radical (unpaired) electrons. The number of aliphatic hydroxyl groups excluding tert-OH is 1. The molecule has 2 heteroatoms. The normalized spacial score (nSPS) is 24.8. The lowest BCUT2D eigenvalue weighted by Crippen LogP contribution is -2.41. The van der Waals surface area contributed by atoms with Crippen molar-refractivity contribution in [1.82, 2.24) is 0 Å². The van der Waals surface area contributed by atoms with E-state index in [2.05, 4.69) is 37.4 Å². The number of nitrogens with one attached hydrogen (secondary N) is 1. The lowest BCUT2D eigenvalue weighted by atomic mass is 9.68. The van der Waals surface area contributed by atoms with Crippen LogP contribution in [0.25, 0.3) is 0 Å². The summed E-state index contributed by atoms with van der Waals surface area (Å²) in [5.74, 6) is 0.464. The summed E-state index contributed by atoms with van der Waals surface area (Å²) < 4.78 is 0. The number of para-hydroxylation sites is 1. The summed E-state index contributed by atoms with van der Waals surface area (Å²) in [6.45, 7) is 5.58. The molecule has 0 bridgehead atoms. The summed E-state index contributed by atoms with van der Waals surface area (Å²) in [5.41, 5.74) is 2.40. The van der Waals surface area contributed by atoms with Gasteiger partial charge in [0, 0.05) is 17.6 Å². The number of aliphatic hydroxyl groups is 1. The standard InChI is InChI=1S/C13H19NO/c1-10(2)13(9-15)7-8-14-12-6-4-3-5-11(12)13/h3-6,10,14-15H,7-9H2,1-2H3/t13-/m1/s1. The molecule has 1 heterocycles. The second kappa shape index (κ2) is 3.86. The van der Waals surface area contributed by atoms with Crippen LogP contribution in [0.4, 0.5) is 5.69 Å². The van der Waals surface area contributed by atoms with E-state index >= 15 is 0 Å². The molecule has 1 aliphatic heterocycles. The number of hydrogen-bond acceptors (Lipinski definition) is 2. The maximum absolute atomic E-state index is 9.73. The molecule has 0 aromatic heterocycles. The van der Waals surface area contributed by atoms with E-state index in [0.29, 0.717) is 5.92 Å². The van der Waals surface area contributed by atoms with Gasteiger partial charge in [-0.1, -0.05) is 32.0 Å². The third-order valence-corrected chi connectivity index (χ3v) is 3.74. The molecule has 0 spiro atoms. The fourth-order valence-corrected chi connectivity index (χ4v) is 2.57. The van der Waals surface area contributed by atoms with E-state index in [-0.39, 0.29) is 12.0 Å². The van der Waals surface area contributed by atoms with Crippen LogP contribution in [0.2, 0.25) is 0 Å². The third-order valence-electron chi connectivity index (χ3n) is 3.74. The lowest BCUT2D eigenvalue weighted by molar-refractivity contribution is 0.141. The van der Waals surface area contributed by atoms with Gasteiger partial charge in [0.25, 0.3) is 0 Å². The van der Waals surface area contributed by atoms with E-state index in [1.165, 1.54) is 11.3 Å². The molecule has 0 unspecified atom stereocenters. The highest BCUT2D eigenvalue weighted by atomic mass is 16.3. The Morgan fingerprint density at radius 1 is 1.40 bits per heavy atom. The average Bonchev–Trinajstić information content (AvgIpc) is 2.28. The van der Waals surface area contributed by atoms with E-state index in [9.17, 15) is 5.11 Å². The molecule has 2 N–H and O–H groups in total. The van der Waals surface area contributed by atoms with Gasteiger partial charge in [0.05, 0.1) is 6.61 Å². The van der Waals surface area contributed by atoms with E-state index < -0.39 is 0 Å². The van der Waals surface area contributed by atoms with Crippen LogP contribution in [0.15, 0.2) is 24.3 Å². The van der Waals surface area contributed by atoms with Crippen molar-refractivity contribution in [2.45, 2.75) is 25.7 Å². The minimum atomic E-state index is -0.0537. The minimum absolute atomic E-state index is 0.0537. The second-order valence-corrected chi connectivity index (χ2v) is 4.69. The molecule has 0 saturated heterocycles. The van der Waals surface area contributed by atoms with E-state index in [0.717, 1.165) is 13.0 Å². The van der Waals surface area contributed by atoms with Crippen LogP contribution in [0.1, 0.15) is 25.8 Å². The monoisotopic (exact) mass is 205 g/mol. The molecule has 15 heavy (non-hydrogen) atoms. The second-order valence-electron chi connectivity index (χ2n) is 4.69. The quantitative estimate of drug-likeness (QED) is 0.777. The largest absolute Gasteiger partial charge is 0.395 e. The molecule has 1 atom stereocenters. The average molecular weight is 205 g/mol. The fraction of sp³-hybridized carbons (Fsp3) is 0.538. The molecule has 1 aliphatic rings. The summed E-state index contributed by atoms with van der Waals surface area (Å²) >= 11 is 0. The Hall–Kier alpha value is -1.02. The Morgan fingerprint density at radius 3 is 2.80 bits per heavy atom. The first kappa shape index (κ1) is 10.5. The van der Waals surface area contributed by atoms with Crippen LogP contribution < -0.4 is 5.32 Å². The molecule has 0 aliphatic carbocycles. The molecule has 0 amide bonds. The third kappa shape index (κ3) is 1.53. The molecule has 1 aromatic rings. The Labute approximate surface area is 91.3 Å². The van der Waals surface area contributed by atoms with Gasteiger partial charge in [-0.15, -0.1) is 0 Å². The van der Waals surface area contributed by atoms with Gasteiger partial charge in [0.15, 0.2) is 0 Å². The highest BCUT2D eigenvalue weighted by Gasteiger charge is 2.38. The maximum Gasteiger partial charge on any atom is 0.0531 e. The summed E-state index contributed by atoms with van der Waals surface area (Å²) in [6, 6.07) is 8.33. The zero-order valence-corrected chi connectivity index (χ0v) is 9.46. The van der Waals surface area contributed by atoms with Gasteiger partial charge in [-0.25, -0.2) is 0 Å². The van der Waals surface area contributed by atoms with Crippen molar-refractivity contribution in [3.63, 3.8) is 0 Å². The Kier molecular flexibility index (Phi) is 2.70. The molecule has 0 fully saturated rings. The van der Waals surface area contributed by atoms with Gasteiger partial charge in [-0.2, -0.15) is 0 Å². The summed E-state index contributed by atoms with van der Waals surface area (Å²) in [7, 11) is 0. The maximum atomic E-state index is 9.73. The Bertz CT molecular complexity index is 348. The van der Waals surface area contributed by atoms with Crippen molar-refractivity contribution in [2.75, 3.05) is 18.5 Å². The zero-order valence-electron chi connectivity index (χ0n) is 9.46. The molecular formula is C13H19NO. The van der Waals surface area contributed by atoms with E-state index in [1.807, 2.05) is 6.07 Å². The summed E-state index contributed by atoms with van der Waals surface area (Å²) in [4.78, 5) is 0. The van der Waals surface area contributed by atoms with E-state index in [1.54, 1.807) is 0 Å². The van der Waals surface area contributed by atoms with Gasteiger partial charge in [-0.05, 0) is 24.0 Å². The van der Waals surface area contributed by atoms with Gasteiger partial charge in [0.1, 0.15) is 0 Å². The van der Waals surface area contributed by atoms with Crippen molar-refractivity contribution in [3.8, 4) is 0 Å². The summed E-state index contributed by atoms with van der Waals surface area (Å²) in [5, 5.41) is 13.1. The van der Waals surface area contributed by atoms with Crippen molar-refractivity contribution in [2.24, 2.45) is 5.92 Å². The molecule has 2 nitrogen and oxygen atoms in total. The number of rotatable bonds is 2.